The third-order valence-corrected chi connectivity index (χ3v) is 4.42. The van der Waals surface area contributed by atoms with Crippen molar-refractivity contribution in [1.29, 1.82) is 0 Å². The standard InChI is InChI=1S/C13H17BrN2OS/c1-10(11-3-2-4-12(14)9-11)15-13(17)16-5-7-18-8-6-16/h2-4,9-10H,5-8H2,1H3,(H,15,17)/t10-/m1/s1. The predicted molar refractivity (Wildman–Crippen MR) is 80.0 cm³/mol. The number of amides is 2. The Morgan fingerprint density at radius 1 is 1.44 bits per heavy atom. The second kappa shape index (κ2) is 6.48. The highest BCUT2D eigenvalue weighted by Gasteiger charge is 2.18. The maximum Gasteiger partial charge on any atom is 0.317 e. The lowest BCUT2D eigenvalue weighted by molar-refractivity contribution is 0.199. The fourth-order valence-corrected chi connectivity index (χ4v) is 3.22. The molecule has 5 heteroatoms. The van der Waals surface area contributed by atoms with Gasteiger partial charge in [0.05, 0.1) is 6.04 Å². The lowest BCUT2D eigenvalue weighted by atomic mass is 10.1. The number of hydrogen-bond donors (Lipinski definition) is 1. The number of thioether (sulfide) groups is 1. The summed E-state index contributed by atoms with van der Waals surface area (Å²) in [4.78, 5) is 14.0. The molecule has 0 aliphatic carbocycles. The maximum absolute atomic E-state index is 12.1. The van der Waals surface area contributed by atoms with Crippen molar-refractivity contribution in [3.63, 3.8) is 0 Å². The van der Waals surface area contributed by atoms with Crippen molar-refractivity contribution in [2.24, 2.45) is 0 Å². The van der Waals surface area contributed by atoms with E-state index in [2.05, 4.69) is 21.2 Å². The van der Waals surface area contributed by atoms with Crippen molar-refractivity contribution >= 4 is 33.7 Å². The van der Waals surface area contributed by atoms with Crippen LogP contribution in [0.5, 0.6) is 0 Å². The van der Waals surface area contributed by atoms with E-state index < -0.39 is 0 Å². The van der Waals surface area contributed by atoms with E-state index in [9.17, 15) is 4.79 Å². The van der Waals surface area contributed by atoms with Crippen molar-refractivity contribution in [2.75, 3.05) is 24.6 Å². The summed E-state index contributed by atoms with van der Waals surface area (Å²) >= 11 is 5.35. The van der Waals surface area contributed by atoms with Crippen LogP contribution in [0.4, 0.5) is 4.79 Å². The lowest BCUT2D eigenvalue weighted by Crippen LogP contribution is -2.45. The molecule has 2 rings (SSSR count). The Kier molecular flexibility index (Phi) is 4.95. The summed E-state index contributed by atoms with van der Waals surface area (Å²) in [5, 5.41) is 3.05. The number of hydrogen-bond acceptors (Lipinski definition) is 2. The van der Waals surface area contributed by atoms with Crippen molar-refractivity contribution in [2.45, 2.75) is 13.0 Å². The summed E-state index contributed by atoms with van der Waals surface area (Å²) in [6.07, 6.45) is 0. The number of halogens is 1. The average Bonchev–Trinajstić information content (AvgIpc) is 2.39. The number of carbonyl (C=O) groups is 1. The van der Waals surface area contributed by atoms with Crippen LogP contribution in [-0.4, -0.2) is 35.5 Å². The molecule has 3 nitrogen and oxygen atoms in total. The third kappa shape index (κ3) is 3.65. The van der Waals surface area contributed by atoms with Gasteiger partial charge in [0.25, 0.3) is 0 Å². The number of nitrogens with zero attached hydrogens (tertiary/aromatic N) is 1. The molecule has 0 spiro atoms. The zero-order chi connectivity index (χ0) is 13.0. The predicted octanol–water partition coefficient (Wildman–Crippen LogP) is 3.27. The maximum atomic E-state index is 12.1. The molecule has 0 unspecified atom stereocenters. The highest BCUT2D eigenvalue weighted by atomic mass is 79.9. The summed E-state index contributed by atoms with van der Waals surface area (Å²) in [6.45, 7) is 3.71. The molecule has 1 heterocycles. The number of carbonyl (C=O) groups excluding carboxylic acids is 1. The molecule has 1 aromatic rings. The summed E-state index contributed by atoms with van der Waals surface area (Å²) in [6, 6.07) is 8.12. The lowest BCUT2D eigenvalue weighted by Gasteiger charge is -2.28. The molecule has 1 aliphatic heterocycles. The van der Waals surface area contributed by atoms with Crippen LogP contribution in [0.3, 0.4) is 0 Å². The van der Waals surface area contributed by atoms with Gasteiger partial charge >= 0.3 is 6.03 Å². The van der Waals surface area contributed by atoms with Crippen LogP contribution in [-0.2, 0) is 0 Å². The molecule has 0 aromatic heterocycles. The highest BCUT2D eigenvalue weighted by Crippen LogP contribution is 2.18. The SMILES string of the molecule is C[C@@H](NC(=O)N1CCSCC1)c1cccc(Br)c1. The Morgan fingerprint density at radius 3 is 2.83 bits per heavy atom. The van der Waals surface area contributed by atoms with Crippen LogP contribution in [0.1, 0.15) is 18.5 Å². The summed E-state index contributed by atoms with van der Waals surface area (Å²) in [5.74, 6) is 2.08. The van der Waals surface area contributed by atoms with Gasteiger partial charge in [0.1, 0.15) is 0 Å². The minimum Gasteiger partial charge on any atom is -0.331 e. The van der Waals surface area contributed by atoms with E-state index in [1.54, 1.807) is 0 Å². The van der Waals surface area contributed by atoms with Gasteiger partial charge in [-0.15, -0.1) is 0 Å². The van der Waals surface area contributed by atoms with Gasteiger partial charge in [-0.1, -0.05) is 28.1 Å². The van der Waals surface area contributed by atoms with Crippen LogP contribution in [0.2, 0.25) is 0 Å². The van der Waals surface area contributed by atoms with Crippen molar-refractivity contribution < 1.29 is 4.79 Å². The third-order valence-electron chi connectivity index (χ3n) is 2.99. The Morgan fingerprint density at radius 2 is 2.17 bits per heavy atom. The second-order valence-electron chi connectivity index (χ2n) is 4.33. The number of nitrogens with one attached hydrogen (secondary N) is 1. The zero-order valence-electron chi connectivity index (χ0n) is 10.4. The van der Waals surface area contributed by atoms with Gasteiger partial charge in [0, 0.05) is 29.1 Å². The molecular weight excluding hydrogens is 312 g/mol. The highest BCUT2D eigenvalue weighted by molar-refractivity contribution is 9.10. The van der Waals surface area contributed by atoms with Gasteiger partial charge in [-0.3, -0.25) is 0 Å². The van der Waals surface area contributed by atoms with E-state index in [-0.39, 0.29) is 12.1 Å². The van der Waals surface area contributed by atoms with Gasteiger partial charge in [0.15, 0.2) is 0 Å². The van der Waals surface area contributed by atoms with Gasteiger partial charge in [-0.25, -0.2) is 4.79 Å². The van der Waals surface area contributed by atoms with Crippen molar-refractivity contribution in [1.82, 2.24) is 10.2 Å². The molecule has 1 N–H and O–H groups in total. The Balaban J connectivity index is 1.94. The Bertz CT molecular complexity index is 421. The molecule has 98 valence electrons. The molecule has 1 atom stereocenters. The van der Waals surface area contributed by atoms with E-state index >= 15 is 0 Å². The minimum absolute atomic E-state index is 0.0320. The Hall–Kier alpha value is -0.680. The van der Waals surface area contributed by atoms with E-state index in [0.717, 1.165) is 34.6 Å². The van der Waals surface area contributed by atoms with Crippen LogP contribution in [0.25, 0.3) is 0 Å². The molecule has 1 saturated heterocycles. The summed E-state index contributed by atoms with van der Waals surface area (Å²) in [7, 11) is 0. The number of rotatable bonds is 2. The fourth-order valence-electron chi connectivity index (χ4n) is 1.90. The average molecular weight is 329 g/mol. The molecule has 0 bridgehead atoms. The topological polar surface area (TPSA) is 32.3 Å². The largest absolute Gasteiger partial charge is 0.331 e. The first-order chi connectivity index (χ1) is 8.66. The molecule has 0 saturated carbocycles. The normalized spacial score (nSPS) is 17.3. The summed E-state index contributed by atoms with van der Waals surface area (Å²) in [5.41, 5.74) is 1.11. The first-order valence-electron chi connectivity index (χ1n) is 6.05. The summed E-state index contributed by atoms with van der Waals surface area (Å²) < 4.78 is 1.04. The molecule has 1 aromatic carbocycles. The second-order valence-corrected chi connectivity index (χ2v) is 6.47. The molecule has 18 heavy (non-hydrogen) atoms. The molecule has 0 radical (unpaired) electrons. The van der Waals surface area contributed by atoms with Crippen molar-refractivity contribution in [3.8, 4) is 0 Å². The monoisotopic (exact) mass is 328 g/mol. The van der Waals surface area contributed by atoms with E-state index in [1.807, 2.05) is 47.9 Å². The van der Waals surface area contributed by atoms with Crippen LogP contribution in [0.15, 0.2) is 28.7 Å². The molecule has 2 amide bonds. The molecule has 1 aliphatic rings. The van der Waals surface area contributed by atoms with E-state index in [1.165, 1.54) is 0 Å². The number of urea groups is 1. The van der Waals surface area contributed by atoms with Crippen LogP contribution in [0, 0.1) is 0 Å². The molecule has 1 fully saturated rings. The number of benzene rings is 1. The first-order valence-corrected chi connectivity index (χ1v) is 8.00. The van der Waals surface area contributed by atoms with Gasteiger partial charge in [0.2, 0.25) is 0 Å². The first kappa shape index (κ1) is 13.7. The smallest absolute Gasteiger partial charge is 0.317 e. The van der Waals surface area contributed by atoms with Gasteiger partial charge in [-0.05, 0) is 24.6 Å². The van der Waals surface area contributed by atoms with E-state index in [4.69, 9.17) is 0 Å². The van der Waals surface area contributed by atoms with E-state index in [0.29, 0.717) is 0 Å². The van der Waals surface area contributed by atoms with Gasteiger partial charge in [-0.2, -0.15) is 11.8 Å². The fraction of sp³-hybridized carbons (Fsp3) is 0.462. The zero-order valence-corrected chi connectivity index (χ0v) is 12.8. The van der Waals surface area contributed by atoms with Gasteiger partial charge < -0.3 is 10.2 Å². The van der Waals surface area contributed by atoms with Crippen LogP contribution < -0.4 is 5.32 Å². The quantitative estimate of drug-likeness (QED) is 0.903. The Labute approximate surface area is 120 Å². The van der Waals surface area contributed by atoms with Crippen molar-refractivity contribution in [3.05, 3.63) is 34.3 Å². The minimum atomic E-state index is 0.0320. The molecular formula is C13H17BrN2OS. The van der Waals surface area contributed by atoms with Crippen LogP contribution >= 0.6 is 27.7 Å².